The molecule has 0 saturated heterocycles. The fourth-order valence-electron chi connectivity index (χ4n) is 0.832. The molecule has 0 spiro atoms. The average Bonchev–Trinajstić information content (AvgIpc) is 2.14. The molecular weight excluding hydrogens is 118 g/mol. The first-order valence-electron chi connectivity index (χ1n) is 2.83. The third-order valence-corrected chi connectivity index (χ3v) is 1.32. The number of nitrogens with one attached hydrogen (secondary N) is 1. The zero-order chi connectivity index (χ0) is 6.85. The van der Waals surface area contributed by atoms with Crippen molar-refractivity contribution in [1.29, 1.82) is 0 Å². The molecule has 1 heterocycles. The van der Waals surface area contributed by atoms with Gasteiger partial charge in [-0.1, -0.05) is 11.6 Å². The van der Waals surface area contributed by atoms with Gasteiger partial charge in [0.15, 0.2) is 0 Å². The highest BCUT2D eigenvalue weighted by Gasteiger charge is 2.18. The Morgan fingerprint density at radius 3 is 2.89 bits per heavy atom. The summed E-state index contributed by atoms with van der Waals surface area (Å²) in [6, 6.07) is -0.454. The van der Waals surface area contributed by atoms with E-state index in [0.717, 1.165) is 5.57 Å². The van der Waals surface area contributed by atoms with Gasteiger partial charge in [-0.2, -0.15) is 0 Å². The van der Waals surface area contributed by atoms with Crippen molar-refractivity contribution in [2.24, 2.45) is 0 Å². The Balaban J connectivity index is 2.57. The number of carboxylic acids is 1. The van der Waals surface area contributed by atoms with Crippen molar-refractivity contribution in [2.45, 2.75) is 13.0 Å². The lowest BCUT2D eigenvalue weighted by Crippen LogP contribution is -2.30. The van der Waals surface area contributed by atoms with Crippen molar-refractivity contribution >= 4 is 5.97 Å². The molecule has 0 bridgehead atoms. The molecule has 0 amide bonds. The highest BCUT2D eigenvalue weighted by Crippen LogP contribution is 2.02. The summed E-state index contributed by atoms with van der Waals surface area (Å²) >= 11 is 0. The Kier molecular flexibility index (Phi) is 1.53. The molecule has 0 aromatic heterocycles. The van der Waals surface area contributed by atoms with Crippen LogP contribution < -0.4 is 5.32 Å². The van der Waals surface area contributed by atoms with Crippen molar-refractivity contribution in [3.8, 4) is 0 Å². The van der Waals surface area contributed by atoms with Gasteiger partial charge in [-0.05, 0) is 6.92 Å². The normalized spacial score (nSPS) is 25.9. The standard InChI is InChI=1S/C6H9NO2/c1-4-2-5(6(8)9)7-3-4/h2,5,7H,3H2,1H3,(H,8,9)/t5-/m0/s1. The second-order valence-corrected chi connectivity index (χ2v) is 2.21. The SMILES string of the molecule is CC1=C[C@@H](C(=O)O)NC1. The number of aliphatic carboxylic acids is 1. The zero-order valence-corrected chi connectivity index (χ0v) is 5.22. The lowest BCUT2D eigenvalue weighted by Gasteiger charge is -1.98. The van der Waals surface area contributed by atoms with E-state index in [2.05, 4.69) is 5.32 Å². The Morgan fingerprint density at radius 1 is 2.00 bits per heavy atom. The van der Waals surface area contributed by atoms with Crippen LogP contribution in [0.25, 0.3) is 0 Å². The van der Waals surface area contributed by atoms with Crippen molar-refractivity contribution < 1.29 is 9.90 Å². The summed E-state index contributed by atoms with van der Waals surface area (Å²) in [5, 5.41) is 11.2. The fourth-order valence-corrected chi connectivity index (χ4v) is 0.832. The van der Waals surface area contributed by atoms with Crippen LogP contribution in [0.15, 0.2) is 11.6 Å². The van der Waals surface area contributed by atoms with Gasteiger partial charge in [-0.25, -0.2) is 0 Å². The van der Waals surface area contributed by atoms with E-state index in [1.807, 2.05) is 6.92 Å². The van der Waals surface area contributed by atoms with Crippen LogP contribution in [-0.2, 0) is 4.79 Å². The van der Waals surface area contributed by atoms with Crippen LogP contribution in [0.3, 0.4) is 0 Å². The maximum atomic E-state index is 10.2. The minimum atomic E-state index is -0.799. The molecule has 0 aromatic rings. The summed E-state index contributed by atoms with van der Waals surface area (Å²) < 4.78 is 0. The van der Waals surface area contributed by atoms with Gasteiger partial charge >= 0.3 is 5.97 Å². The van der Waals surface area contributed by atoms with Crippen LogP contribution in [0.1, 0.15) is 6.92 Å². The summed E-state index contributed by atoms with van der Waals surface area (Å²) in [5.41, 5.74) is 1.10. The Labute approximate surface area is 53.4 Å². The first kappa shape index (κ1) is 6.29. The minimum Gasteiger partial charge on any atom is -0.480 e. The molecule has 0 radical (unpaired) electrons. The molecule has 1 aliphatic heterocycles. The summed E-state index contributed by atoms with van der Waals surface area (Å²) in [6.07, 6.45) is 1.72. The van der Waals surface area contributed by atoms with Crippen LogP contribution in [0.5, 0.6) is 0 Å². The van der Waals surface area contributed by atoms with Gasteiger partial charge in [-0.3, -0.25) is 10.1 Å². The molecule has 1 rings (SSSR count). The third-order valence-electron chi connectivity index (χ3n) is 1.32. The van der Waals surface area contributed by atoms with Gasteiger partial charge in [0, 0.05) is 6.54 Å². The van der Waals surface area contributed by atoms with Crippen LogP contribution >= 0.6 is 0 Å². The first-order valence-corrected chi connectivity index (χ1v) is 2.83. The molecule has 0 unspecified atom stereocenters. The molecule has 0 fully saturated rings. The van der Waals surface area contributed by atoms with E-state index < -0.39 is 12.0 Å². The van der Waals surface area contributed by atoms with E-state index in [-0.39, 0.29) is 0 Å². The molecular formula is C6H9NO2. The van der Waals surface area contributed by atoms with Crippen LogP contribution in [-0.4, -0.2) is 23.7 Å². The van der Waals surface area contributed by atoms with E-state index >= 15 is 0 Å². The van der Waals surface area contributed by atoms with Gasteiger partial charge in [0.05, 0.1) is 0 Å². The van der Waals surface area contributed by atoms with E-state index in [9.17, 15) is 4.79 Å². The summed E-state index contributed by atoms with van der Waals surface area (Å²) in [6.45, 7) is 2.62. The average molecular weight is 127 g/mol. The van der Waals surface area contributed by atoms with E-state index in [1.165, 1.54) is 0 Å². The van der Waals surface area contributed by atoms with Crippen molar-refractivity contribution in [1.82, 2.24) is 5.32 Å². The molecule has 3 nitrogen and oxygen atoms in total. The topological polar surface area (TPSA) is 49.3 Å². The van der Waals surface area contributed by atoms with Crippen molar-refractivity contribution in [2.75, 3.05) is 6.54 Å². The van der Waals surface area contributed by atoms with E-state index in [4.69, 9.17) is 5.11 Å². The van der Waals surface area contributed by atoms with Crippen LogP contribution in [0, 0.1) is 0 Å². The molecule has 3 heteroatoms. The predicted octanol–water partition coefficient (Wildman–Crippen LogP) is -0.0109. The van der Waals surface area contributed by atoms with Crippen molar-refractivity contribution in [3.05, 3.63) is 11.6 Å². The molecule has 0 aromatic carbocycles. The number of rotatable bonds is 1. The van der Waals surface area contributed by atoms with Gasteiger partial charge in [-0.15, -0.1) is 0 Å². The van der Waals surface area contributed by atoms with E-state index in [1.54, 1.807) is 6.08 Å². The number of hydrogen-bond donors (Lipinski definition) is 2. The molecule has 0 aliphatic carbocycles. The first-order chi connectivity index (χ1) is 4.20. The van der Waals surface area contributed by atoms with Gasteiger partial charge in [0.1, 0.15) is 6.04 Å². The minimum absolute atomic E-state index is 0.454. The Bertz CT molecular complexity index is 162. The molecule has 9 heavy (non-hydrogen) atoms. The van der Waals surface area contributed by atoms with Gasteiger partial charge in [0.25, 0.3) is 0 Å². The number of carbonyl (C=O) groups is 1. The molecule has 1 atom stereocenters. The largest absolute Gasteiger partial charge is 0.480 e. The van der Waals surface area contributed by atoms with Gasteiger partial charge in [0.2, 0.25) is 0 Å². The summed E-state index contributed by atoms with van der Waals surface area (Å²) in [5.74, 6) is -0.799. The summed E-state index contributed by atoms with van der Waals surface area (Å²) in [7, 11) is 0. The maximum Gasteiger partial charge on any atom is 0.324 e. The molecule has 1 aliphatic rings. The summed E-state index contributed by atoms with van der Waals surface area (Å²) in [4.78, 5) is 10.2. The van der Waals surface area contributed by atoms with Crippen molar-refractivity contribution in [3.63, 3.8) is 0 Å². The Hall–Kier alpha value is -0.830. The third kappa shape index (κ3) is 1.29. The van der Waals surface area contributed by atoms with Crippen LogP contribution in [0.4, 0.5) is 0 Å². The van der Waals surface area contributed by atoms with Crippen LogP contribution in [0.2, 0.25) is 0 Å². The molecule has 0 saturated carbocycles. The predicted molar refractivity (Wildman–Crippen MR) is 33.2 cm³/mol. The van der Waals surface area contributed by atoms with E-state index in [0.29, 0.717) is 6.54 Å². The lowest BCUT2D eigenvalue weighted by molar-refractivity contribution is -0.137. The second-order valence-electron chi connectivity index (χ2n) is 2.21. The smallest absolute Gasteiger partial charge is 0.324 e. The monoisotopic (exact) mass is 127 g/mol. The number of hydrogen-bond acceptors (Lipinski definition) is 2. The highest BCUT2D eigenvalue weighted by molar-refractivity contribution is 5.76. The lowest BCUT2D eigenvalue weighted by atomic mass is 10.3. The quantitative estimate of drug-likeness (QED) is 0.487. The molecule has 50 valence electrons. The second kappa shape index (κ2) is 2.19. The van der Waals surface area contributed by atoms with Gasteiger partial charge < -0.3 is 5.11 Å². The maximum absolute atomic E-state index is 10.2. The highest BCUT2D eigenvalue weighted by atomic mass is 16.4. The fraction of sp³-hybridized carbons (Fsp3) is 0.500. The molecule has 2 N–H and O–H groups in total. The zero-order valence-electron chi connectivity index (χ0n) is 5.22. The number of carboxylic acid groups (broad SMARTS) is 1. The Morgan fingerprint density at radius 2 is 2.67 bits per heavy atom.